The number of nitrogens with one attached hydrogen (secondary N) is 1. The highest BCUT2D eigenvalue weighted by Gasteiger charge is 2.39. The van der Waals surface area contributed by atoms with Gasteiger partial charge in [-0.1, -0.05) is 6.07 Å². The SMILES string of the molecule is Cc1ccc(Br)c(NC(=O)C(F)(F)F)c1C(=O)O. The summed E-state index contributed by atoms with van der Waals surface area (Å²) >= 11 is 2.90. The second kappa shape index (κ2) is 4.97. The Bertz CT molecular complexity index is 514. The molecule has 0 unspecified atom stereocenters. The van der Waals surface area contributed by atoms with E-state index >= 15 is 0 Å². The predicted octanol–water partition coefficient (Wildman–Crippen LogP) is 2.96. The van der Waals surface area contributed by atoms with Crippen LogP contribution >= 0.6 is 15.9 Å². The number of aromatic carboxylic acids is 1. The molecular weight excluding hydrogens is 319 g/mol. The summed E-state index contributed by atoms with van der Waals surface area (Å²) in [5.41, 5.74) is -0.560. The molecular formula is C10H7BrF3NO3. The van der Waals surface area contributed by atoms with Gasteiger partial charge in [-0.2, -0.15) is 13.2 Å². The van der Waals surface area contributed by atoms with Crippen molar-refractivity contribution in [3.8, 4) is 0 Å². The van der Waals surface area contributed by atoms with Crippen LogP contribution in [0, 0.1) is 6.92 Å². The van der Waals surface area contributed by atoms with Gasteiger partial charge >= 0.3 is 18.1 Å². The van der Waals surface area contributed by atoms with Crippen molar-refractivity contribution in [2.75, 3.05) is 5.32 Å². The molecule has 0 fully saturated rings. The van der Waals surface area contributed by atoms with Crippen LogP contribution in [0.2, 0.25) is 0 Å². The molecule has 18 heavy (non-hydrogen) atoms. The molecule has 0 aliphatic carbocycles. The predicted molar refractivity (Wildman–Crippen MR) is 60.5 cm³/mol. The van der Waals surface area contributed by atoms with Crippen LogP contribution < -0.4 is 5.32 Å². The standard InChI is InChI=1S/C10H7BrF3NO3/c1-4-2-3-5(11)7(6(4)8(16)17)15-9(18)10(12,13)14/h2-3H,1H3,(H,15,18)(H,16,17). The quantitative estimate of drug-likeness (QED) is 0.878. The second-order valence-corrected chi connectivity index (χ2v) is 4.23. The minimum absolute atomic E-state index is 0.0584. The normalized spacial score (nSPS) is 11.2. The van der Waals surface area contributed by atoms with Gasteiger partial charge in [-0.25, -0.2) is 4.79 Å². The van der Waals surface area contributed by atoms with Gasteiger partial charge in [0, 0.05) is 4.47 Å². The molecule has 0 aromatic heterocycles. The van der Waals surface area contributed by atoms with Crippen molar-refractivity contribution in [1.29, 1.82) is 0 Å². The van der Waals surface area contributed by atoms with E-state index < -0.39 is 23.7 Å². The molecule has 1 amide bonds. The lowest BCUT2D eigenvalue weighted by atomic mass is 10.1. The fourth-order valence-corrected chi connectivity index (χ4v) is 1.69. The van der Waals surface area contributed by atoms with Gasteiger partial charge in [0.1, 0.15) is 0 Å². The molecule has 0 aliphatic rings. The molecule has 2 N–H and O–H groups in total. The Balaban J connectivity index is 3.28. The zero-order valence-electron chi connectivity index (χ0n) is 8.93. The summed E-state index contributed by atoms with van der Waals surface area (Å²) in [6, 6.07) is 2.77. The van der Waals surface area contributed by atoms with Gasteiger partial charge < -0.3 is 10.4 Å². The Hall–Kier alpha value is -1.57. The topological polar surface area (TPSA) is 66.4 Å². The van der Waals surface area contributed by atoms with E-state index in [1.807, 2.05) is 0 Å². The van der Waals surface area contributed by atoms with Crippen LogP contribution in [-0.2, 0) is 4.79 Å². The number of carbonyl (C=O) groups excluding carboxylic acids is 1. The first-order valence-corrected chi connectivity index (χ1v) is 5.34. The number of hydrogen-bond donors (Lipinski definition) is 2. The summed E-state index contributed by atoms with van der Waals surface area (Å²) < 4.78 is 36.4. The fourth-order valence-electron chi connectivity index (χ4n) is 1.26. The van der Waals surface area contributed by atoms with Crippen molar-refractivity contribution in [3.05, 3.63) is 27.7 Å². The Morgan fingerprint density at radius 3 is 2.33 bits per heavy atom. The maximum atomic E-state index is 12.1. The fraction of sp³-hybridized carbons (Fsp3) is 0.200. The number of carboxylic acids is 1. The molecule has 1 aromatic carbocycles. The van der Waals surface area contributed by atoms with E-state index in [0.29, 0.717) is 0 Å². The van der Waals surface area contributed by atoms with Crippen LogP contribution in [0.3, 0.4) is 0 Å². The van der Waals surface area contributed by atoms with Gasteiger partial charge in [-0.3, -0.25) is 4.79 Å². The van der Waals surface area contributed by atoms with Crippen molar-refractivity contribution in [1.82, 2.24) is 0 Å². The van der Waals surface area contributed by atoms with E-state index in [1.54, 1.807) is 5.32 Å². The van der Waals surface area contributed by atoms with Gasteiger partial charge in [0.15, 0.2) is 0 Å². The van der Waals surface area contributed by atoms with Crippen molar-refractivity contribution in [2.45, 2.75) is 13.1 Å². The maximum absolute atomic E-state index is 12.1. The van der Waals surface area contributed by atoms with Gasteiger partial charge in [-0.05, 0) is 34.5 Å². The number of halogens is 4. The number of carboxylic acid groups (broad SMARTS) is 1. The first-order valence-electron chi connectivity index (χ1n) is 4.55. The van der Waals surface area contributed by atoms with Crippen molar-refractivity contribution < 1.29 is 27.9 Å². The summed E-state index contributed by atoms with van der Waals surface area (Å²) in [5, 5.41) is 10.5. The maximum Gasteiger partial charge on any atom is 0.471 e. The summed E-state index contributed by atoms with van der Waals surface area (Å²) in [5.74, 6) is -3.65. The highest BCUT2D eigenvalue weighted by Crippen LogP contribution is 2.30. The third kappa shape index (κ3) is 3.00. The van der Waals surface area contributed by atoms with Crippen LogP contribution in [0.15, 0.2) is 16.6 Å². The van der Waals surface area contributed by atoms with Gasteiger partial charge in [-0.15, -0.1) is 0 Å². The summed E-state index contributed by atoms with van der Waals surface area (Å²) in [7, 11) is 0. The average Bonchev–Trinajstić information content (AvgIpc) is 2.21. The third-order valence-electron chi connectivity index (χ3n) is 2.07. The number of benzene rings is 1. The Morgan fingerprint density at radius 1 is 1.33 bits per heavy atom. The zero-order chi connectivity index (χ0) is 14.1. The van der Waals surface area contributed by atoms with E-state index in [1.165, 1.54) is 19.1 Å². The Kier molecular flexibility index (Phi) is 4.00. The number of anilines is 1. The number of carbonyl (C=O) groups is 2. The van der Waals surface area contributed by atoms with Crippen LogP contribution in [0.4, 0.5) is 18.9 Å². The second-order valence-electron chi connectivity index (χ2n) is 3.37. The molecule has 1 rings (SSSR count). The lowest BCUT2D eigenvalue weighted by Gasteiger charge is -2.13. The molecule has 0 saturated carbocycles. The van der Waals surface area contributed by atoms with E-state index in [4.69, 9.17) is 5.11 Å². The number of aryl methyl sites for hydroxylation is 1. The highest BCUT2D eigenvalue weighted by molar-refractivity contribution is 9.10. The molecule has 8 heteroatoms. The van der Waals surface area contributed by atoms with E-state index in [9.17, 15) is 22.8 Å². The van der Waals surface area contributed by atoms with Gasteiger partial charge in [0.05, 0.1) is 11.3 Å². The average molecular weight is 326 g/mol. The van der Waals surface area contributed by atoms with E-state index in [2.05, 4.69) is 15.9 Å². The Morgan fingerprint density at radius 2 is 1.89 bits per heavy atom. The molecule has 0 heterocycles. The molecule has 0 atom stereocenters. The van der Waals surface area contributed by atoms with Crippen LogP contribution in [0.1, 0.15) is 15.9 Å². The van der Waals surface area contributed by atoms with Crippen molar-refractivity contribution in [2.24, 2.45) is 0 Å². The van der Waals surface area contributed by atoms with E-state index in [-0.39, 0.29) is 15.6 Å². The summed E-state index contributed by atoms with van der Waals surface area (Å²) in [6.07, 6.45) is -5.08. The minimum atomic E-state index is -5.08. The number of hydrogen-bond acceptors (Lipinski definition) is 2. The van der Waals surface area contributed by atoms with Crippen molar-refractivity contribution >= 4 is 33.5 Å². The van der Waals surface area contributed by atoms with Gasteiger partial charge in [0.25, 0.3) is 0 Å². The summed E-state index contributed by atoms with van der Waals surface area (Å²) in [4.78, 5) is 21.8. The minimum Gasteiger partial charge on any atom is -0.478 e. The van der Waals surface area contributed by atoms with Crippen LogP contribution in [0.5, 0.6) is 0 Å². The van der Waals surface area contributed by atoms with Crippen molar-refractivity contribution in [3.63, 3.8) is 0 Å². The molecule has 0 aliphatic heterocycles. The first kappa shape index (κ1) is 14.5. The first-order chi connectivity index (χ1) is 8.14. The smallest absolute Gasteiger partial charge is 0.471 e. The number of amides is 1. The molecule has 0 bridgehead atoms. The van der Waals surface area contributed by atoms with Crippen LogP contribution in [0.25, 0.3) is 0 Å². The molecule has 1 aromatic rings. The number of alkyl halides is 3. The number of rotatable bonds is 2. The molecule has 4 nitrogen and oxygen atoms in total. The molecule has 0 spiro atoms. The lowest BCUT2D eigenvalue weighted by molar-refractivity contribution is -0.167. The van der Waals surface area contributed by atoms with E-state index in [0.717, 1.165) is 0 Å². The zero-order valence-corrected chi connectivity index (χ0v) is 10.5. The highest BCUT2D eigenvalue weighted by atomic mass is 79.9. The molecule has 98 valence electrons. The molecule has 0 radical (unpaired) electrons. The lowest BCUT2D eigenvalue weighted by Crippen LogP contribution is -2.31. The Labute approximate surface area is 108 Å². The van der Waals surface area contributed by atoms with Gasteiger partial charge in [0.2, 0.25) is 0 Å². The third-order valence-corrected chi connectivity index (χ3v) is 2.73. The summed E-state index contributed by atoms with van der Waals surface area (Å²) in [6.45, 7) is 1.42. The monoisotopic (exact) mass is 325 g/mol. The molecule has 0 saturated heterocycles. The largest absolute Gasteiger partial charge is 0.478 e. The van der Waals surface area contributed by atoms with Crippen LogP contribution in [-0.4, -0.2) is 23.2 Å².